The zero-order valence-electron chi connectivity index (χ0n) is 17.2. The van der Waals surface area contributed by atoms with Crippen molar-refractivity contribution in [2.75, 3.05) is 26.3 Å². The molecule has 1 aromatic heterocycles. The first kappa shape index (κ1) is 20.2. The predicted molar refractivity (Wildman–Crippen MR) is 113 cm³/mol. The van der Waals surface area contributed by atoms with Crippen LogP contribution < -0.4 is 14.8 Å². The molecule has 3 aromatic rings. The summed E-state index contributed by atoms with van der Waals surface area (Å²) in [5.41, 5.74) is 4.84. The van der Waals surface area contributed by atoms with Crippen LogP contribution in [0.15, 0.2) is 36.4 Å². The molecule has 0 saturated carbocycles. The third kappa shape index (κ3) is 3.87. The fourth-order valence-corrected chi connectivity index (χ4v) is 4.81. The Hall–Kier alpha value is -2.67. The van der Waals surface area contributed by atoms with Gasteiger partial charge >= 0.3 is 6.18 Å². The summed E-state index contributed by atoms with van der Waals surface area (Å²) in [6, 6.07) is 8.97. The molecular formula is C24H25F3N2O2. The van der Waals surface area contributed by atoms with Crippen molar-refractivity contribution >= 4 is 10.9 Å². The molecule has 0 atom stereocenters. The molecule has 31 heavy (non-hydrogen) atoms. The molecule has 0 unspecified atom stereocenters. The number of nitrogens with one attached hydrogen (secondary N) is 1. The highest BCUT2D eigenvalue weighted by molar-refractivity contribution is 5.94. The third-order valence-electron chi connectivity index (χ3n) is 6.18. The first-order chi connectivity index (χ1) is 15.0. The molecule has 5 rings (SSSR count). The van der Waals surface area contributed by atoms with E-state index in [1.54, 1.807) is 0 Å². The van der Waals surface area contributed by atoms with Gasteiger partial charge in [-0.2, -0.15) is 13.2 Å². The standard InChI is InChI=1S/C24H25F3N2O2/c25-24(26,27)17-4-6-18(7-5-17)30-14-15-31-21-8-3-16-2-1-13-29-20-10-12-28-11-9-19(20)22(21)23(16)29/h3-8,28H,1-2,9-15H2. The fourth-order valence-electron chi connectivity index (χ4n) is 4.81. The zero-order chi connectivity index (χ0) is 21.4. The van der Waals surface area contributed by atoms with E-state index in [9.17, 15) is 13.2 Å². The van der Waals surface area contributed by atoms with Crippen LogP contribution in [0.5, 0.6) is 11.5 Å². The molecule has 0 spiro atoms. The molecule has 4 nitrogen and oxygen atoms in total. The quantitative estimate of drug-likeness (QED) is 0.594. The van der Waals surface area contributed by atoms with Gasteiger partial charge in [-0.15, -0.1) is 0 Å². The summed E-state index contributed by atoms with van der Waals surface area (Å²) in [7, 11) is 0. The molecule has 0 saturated heterocycles. The van der Waals surface area contributed by atoms with Crippen molar-refractivity contribution in [2.45, 2.75) is 38.4 Å². The van der Waals surface area contributed by atoms with E-state index in [0.29, 0.717) is 12.4 Å². The number of fused-ring (bicyclic) bond motifs is 3. The topological polar surface area (TPSA) is 35.4 Å². The van der Waals surface area contributed by atoms with Crippen LogP contribution in [0.25, 0.3) is 10.9 Å². The monoisotopic (exact) mass is 430 g/mol. The van der Waals surface area contributed by atoms with Crippen molar-refractivity contribution in [1.82, 2.24) is 9.88 Å². The maximum Gasteiger partial charge on any atom is 0.416 e. The number of ether oxygens (including phenoxy) is 2. The molecule has 0 amide bonds. The molecular weight excluding hydrogens is 405 g/mol. The highest BCUT2D eigenvalue weighted by atomic mass is 19.4. The van der Waals surface area contributed by atoms with Crippen LogP contribution in [0.3, 0.4) is 0 Å². The summed E-state index contributed by atoms with van der Waals surface area (Å²) in [6.45, 7) is 3.61. The summed E-state index contributed by atoms with van der Waals surface area (Å²) >= 11 is 0. The van der Waals surface area contributed by atoms with Crippen LogP contribution in [0, 0.1) is 0 Å². The normalized spacial score (nSPS) is 16.1. The van der Waals surface area contributed by atoms with E-state index < -0.39 is 11.7 Å². The van der Waals surface area contributed by atoms with E-state index in [0.717, 1.165) is 63.2 Å². The minimum atomic E-state index is -4.34. The Morgan fingerprint density at radius 3 is 2.48 bits per heavy atom. The minimum absolute atomic E-state index is 0.263. The summed E-state index contributed by atoms with van der Waals surface area (Å²) in [5, 5.41) is 4.71. The molecule has 0 aliphatic carbocycles. The number of halogens is 3. The maximum atomic E-state index is 12.7. The highest BCUT2D eigenvalue weighted by Gasteiger charge is 2.30. The Balaban J connectivity index is 1.32. The van der Waals surface area contributed by atoms with Crippen LogP contribution >= 0.6 is 0 Å². The second-order valence-corrected chi connectivity index (χ2v) is 8.10. The predicted octanol–water partition coefficient (Wildman–Crippen LogP) is 4.75. The summed E-state index contributed by atoms with van der Waals surface area (Å²) in [5.74, 6) is 1.27. The maximum absolute atomic E-state index is 12.7. The Labute approximate surface area is 179 Å². The van der Waals surface area contributed by atoms with Gasteiger partial charge in [0.1, 0.15) is 24.7 Å². The van der Waals surface area contributed by atoms with E-state index in [4.69, 9.17) is 9.47 Å². The number of hydrogen-bond donors (Lipinski definition) is 1. The van der Waals surface area contributed by atoms with Gasteiger partial charge in [0, 0.05) is 30.6 Å². The van der Waals surface area contributed by atoms with Gasteiger partial charge in [-0.1, -0.05) is 6.07 Å². The number of alkyl halides is 3. The number of aryl methyl sites for hydroxylation is 2. The Kier molecular flexibility index (Phi) is 5.30. The van der Waals surface area contributed by atoms with Gasteiger partial charge in [0.25, 0.3) is 0 Å². The summed E-state index contributed by atoms with van der Waals surface area (Å²) < 4.78 is 52.2. The Morgan fingerprint density at radius 1 is 0.903 bits per heavy atom. The number of hydrogen-bond acceptors (Lipinski definition) is 3. The molecule has 2 aromatic carbocycles. The lowest BCUT2D eigenvalue weighted by Gasteiger charge is -2.19. The Morgan fingerprint density at radius 2 is 1.68 bits per heavy atom. The number of benzene rings is 2. The van der Waals surface area contributed by atoms with Crippen molar-refractivity contribution in [3.05, 3.63) is 58.8 Å². The van der Waals surface area contributed by atoms with Gasteiger partial charge in [0.05, 0.1) is 11.1 Å². The van der Waals surface area contributed by atoms with Crippen LogP contribution in [0.4, 0.5) is 13.2 Å². The Bertz CT molecular complexity index is 1090. The minimum Gasteiger partial charge on any atom is -0.490 e. The third-order valence-corrected chi connectivity index (χ3v) is 6.18. The first-order valence-electron chi connectivity index (χ1n) is 10.8. The molecule has 3 heterocycles. The fraction of sp³-hybridized carbons (Fsp3) is 0.417. The number of rotatable bonds is 5. The molecule has 1 N–H and O–H groups in total. The van der Waals surface area contributed by atoms with Gasteiger partial charge < -0.3 is 19.4 Å². The largest absolute Gasteiger partial charge is 0.490 e. The second-order valence-electron chi connectivity index (χ2n) is 8.10. The SMILES string of the molecule is FC(F)(F)c1ccc(OCCOc2ccc3c4c2c2c(n4CCC3)CCNCC2)cc1. The average molecular weight is 430 g/mol. The van der Waals surface area contributed by atoms with E-state index >= 15 is 0 Å². The molecule has 2 aliphatic heterocycles. The molecule has 7 heteroatoms. The summed E-state index contributed by atoms with van der Waals surface area (Å²) in [6.07, 6.45) is -0.0703. The van der Waals surface area contributed by atoms with Gasteiger partial charge in [0.15, 0.2) is 0 Å². The number of aromatic nitrogens is 1. The van der Waals surface area contributed by atoms with Gasteiger partial charge in [-0.3, -0.25) is 0 Å². The first-order valence-corrected chi connectivity index (χ1v) is 10.8. The van der Waals surface area contributed by atoms with Crippen molar-refractivity contribution in [1.29, 1.82) is 0 Å². The van der Waals surface area contributed by atoms with Crippen LogP contribution in [0.2, 0.25) is 0 Å². The molecule has 0 radical (unpaired) electrons. The van der Waals surface area contributed by atoms with Crippen molar-refractivity contribution in [3.8, 4) is 11.5 Å². The summed E-state index contributed by atoms with van der Waals surface area (Å²) in [4.78, 5) is 0. The average Bonchev–Trinajstić information content (AvgIpc) is 2.91. The van der Waals surface area contributed by atoms with E-state index in [1.165, 1.54) is 39.9 Å². The highest BCUT2D eigenvalue weighted by Crippen LogP contribution is 2.39. The van der Waals surface area contributed by atoms with E-state index in [1.807, 2.05) is 0 Å². The van der Waals surface area contributed by atoms with Crippen LogP contribution in [-0.4, -0.2) is 30.9 Å². The lowest BCUT2D eigenvalue weighted by Crippen LogP contribution is -2.18. The van der Waals surface area contributed by atoms with E-state index in [2.05, 4.69) is 22.0 Å². The van der Waals surface area contributed by atoms with Crippen LogP contribution in [-0.2, 0) is 32.0 Å². The molecule has 2 aliphatic rings. The number of nitrogens with zero attached hydrogens (tertiary/aromatic N) is 1. The zero-order valence-corrected chi connectivity index (χ0v) is 17.2. The lowest BCUT2D eigenvalue weighted by atomic mass is 10.0. The van der Waals surface area contributed by atoms with Crippen molar-refractivity contribution in [3.63, 3.8) is 0 Å². The van der Waals surface area contributed by atoms with Crippen molar-refractivity contribution in [2.24, 2.45) is 0 Å². The van der Waals surface area contributed by atoms with Crippen LogP contribution in [0.1, 0.15) is 28.8 Å². The van der Waals surface area contributed by atoms with Crippen molar-refractivity contribution < 1.29 is 22.6 Å². The molecule has 0 bridgehead atoms. The lowest BCUT2D eigenvalue weighted by molar-refractivity contribution is -0.137. The van der Waals surface area contributed by atoms with Gasteiger partial charge in [0.2, 0.25) is 0 Å². The molecule has 164 valence electrons. The van der Waals surface area contributed by atoms with Gasteiger partial charge in [-0.25, -0.2) is 0 Å². The van der Waals surface area contributed by atoms with Gasteiger partial charge in [-0.05, 0) is 67.3 Å². The van der Waals surface area contributed by atoms with E-state index in [-0.39, 0.29) is 6.61 Å². The second kappa shape index (κ2) is 8.11. The molecule has 0 fully saturated rings. The smallest absolute Gasteiger partial charge is 0.416 e.